The van der Waals surface area contributed by atoms with Crippen molar-refractivity contribution in [2.24, 2.45) is 7.05 Å². The highest BCUT2D eigenvalue weighted by atomic mass is 35.5. The van der Waals surface area contributed by atoms with E-state index in [0.29, 0.717) is 0 Å². The van der Waals surface area contributed by atoms with Gasteiger partial charge in [-0.15, -0.1) is 0 Å². The zero-order chi connectivity index (χ0) is 14.2. The molecule has 0 saturated carbocycles. The second-order valence-corrected chi connectivity index (χ2v) is 5.64. The highest BCUT2D eigenvalue weighted by Crippen LogP contribution is 2.23. The number of halogens is 3. The van der Waals surface area contributed by atoms with Gasteiger partial charge in [0, 0.05) is 13.1 Å². The van der Waals surface area contributed by atoms with Gasteiger partial charge in [-0.2, -0.15) is 8.42 Å². The second-order valence-electron chi connectivity index (χ2n) is 3.68. The van der Waals surface area contributed by atoms with E-state index in [2.05, 4.69) is 4.98 Å². The van der Waals surface area contributed by atoms with Crippen molar-refractivity contribution < 1.29 is 17.2 Å². The van der Waals surface area contributed by atoms with Crippen molar-refractivity contribution in [1.82, 2.24) is 9.55 Å². The maximum atomic E-state index is 13.4. The van der Waals surface area contributed by atoms with Crippen molar-refractivity contribution in [3.63, 3.8) is 0 Å². The van der Waals surface area contributed by atoms with Crippen molar-refractivity contribution in [2.75, 3.05) is 4.72 Å². The Labute approximate surface area is 112 Å². The first-order valence-electron chi connectivity index (χ1n) is 4.96. The second kappa shape index (κ2) is 4.78. The molecule has 0 unspecified atom stereocenters. The van der Waals surface area contributed by atoms with E-state index in [1.165, 1.54) is 17.9 Å². The molecule has 19 heavy (non-hydrogen) atoms. The van der Waals surface area contributed by atoms with Crippen LogP contribution in [0.2, 0.25) is 5.15 Å². The fourth-order valence-corrected chi connectivity index (χ4v) is 2.83. The number of nitrogens with zero attached hydrogens (tertiary/aromatic N) is 2. The quantitative estimate of drug-likeness (QED) is 0.945. The molecule has 0 aliphatic carbocycles. The lowest BCUT2D eigenvalue weighted by atomic mass is 10.3. The average Bonchev–Trinajstić information content (AvgIpc) is 2.65. The normalized spacial score (nSPS) is 11.6. The summed E-state index contributed by atoms with van der Waals surface area (Å²) in [5.41, 5.74) is -0.512. The van der Waals surface area contributed by atoms with Crippen LogP contribution in [0, 0.1) is 11.6 Å². The molecule has 0 aliphatic heterocycles. The van der Waals surface area contributed by atoms with Gasteiger partial charge in [0.2, 0.25) is 5.03 Å². The van der Waals surface area contributed by atoms with Gasteiger partial charge in [-0.3, -0.25) is 4.72 Å². The molecule has 1 N–H and O–H groups in total. The predicted molar refractivity (Wildman–Crippen MR) is 65.4 cm³/mol. The summed E-state index contributed by atoms with van der Waals surface area (Å²) < 4.78 is 53.4. The molecule has 1 aromatic heterocycles. The minimum Gasteiger partial charge on any atom is -0.324 e. The Balaban J connectivity index is 2.42. The van der Waals surface area contributed by atoms with Gasteiger partial charge < -0.3 is 4.57 Å². The Morgan fingerprint density at radius 2 is 2.05 bits per heavy atom. The molecule has 0 spiro atoms. The van der Waals surface area contributed by atoms with E-state index >= 15 is 0 Å². The average molecular weight is 308 g/mol. The van der Waals surface area contributed by atoms with Gasteiger partial charge in [0.25, 0.3) is 10.0 Å². The van der Waals surface area contributed by atoms with Gasteiger partial charge in [0.05, 0.1) is 12.0 Å². The summed E-state index contributed by atoms with van der Waals surface area (Å²) in [5, 5.41) is -0.593. The summed E-state index contributed by atoms with van der Waals surface area (Å²) >= 11 is 5.74. The molecule has 0 radical (unpaired) electrons. The number of hydrogen-bond donors (Lipinski definition) is 1. The maximum Gasteiger partial charge on any atom is 0.282 e. The fourth-order valence-electron chi connectivity index (χ4n) is 1.34. The molecule has 0 bridgehead atoms. The van der Waals surface area contributed by atoms with Crippen LogP contribution in [0.1, 0.15) is 0 Å². The van der Waals surface area contributed by atoms with Crippen LogP contribution in [0.25, 0.3) is 0 Å². The number of imidazole rings is 1. The van der Waals surface area contributed by atoms with Crippen LogP contribution in [0.15, 0.2) is 29.6 Å². The standard InChI is InChI=1S/C10H8ClF2N3O2S/c1-16-5-14-10(9(16)11)19(17,18)15-8-4-6(12)2-3-7(8)13/h2-5,15H,1H3. The van der Waals surface area contributed by atoms with Gasteiger partial charge in [-0.05, 0) is 12.1 Å². The minimum absolute atomic E-state index is 0.135. The zero-order valence-electron chi connectivity index (χ0n) is 9.56. The molecule has 102 valence electrons. The van der Waals surface area contributed by atoms with E-state index < -0.39 is 32.4 Å². The summed E-state index contributed by atoms with van der Waals surface area (Å²) in [4.78, 5) is 3.60. The first-order chi connectivity index (χ1) is 8.81. The number of aromatic nitrogens is 2. The molecule has 1 heterocycles. The van der Waals surface area contributed by atoms with Crippen molar-refractivity contribution in [2.45, 2.75) is 5.03 Å². The minimum atomic E-state index is -4.18. The smallest absolute Gasteiger partial charge is 0.282 e. The number of nitrogens with one attached hydrogen (secondary N) is 1. The Morgan fingerprint density at radius 1 is 1.37 bits per heavy atom. The number of aryl methyl sites for hydroxylation is 1. The zero-order valence-corrected chi connectivity index (χ0v) is 11.1. The Kier molecular flexibility index (Phi) is 3.46. The van der Waals surface area contributed by atoms with E-state index in [9.17, 15) is 17.2 Å². The molecular formula is C10H8ClF2N3O2S. The van der Waals surface area contributed by atoms with Crippen LogP contribution in [0.3, 0.4) is 0 Å². The Hall–Kier alpha value is -1.67. The van der Waals surface area contributed by atoms with E-state index in [0.717, 1.165) is 18.2 Å². The molecule has 5 nitrogen and oxygen atoms in total. The molecule has 0 saturated heterocycles. The Bertz CT molecular complexity index is 730. The summed E-state index contributed by atoms with van der Waals surface area (Å²) in [6.45, 7) is 0. The van der Waals surface area contributed by atoms with Crippen LogP contribution < -0.4 is 4.72 Å². The predicted octanol–water partition coefficient (Wildman–Crippen LogP) is 2.15. The van der Waals surface area contributed by atoms with Crippen LogP contribution >= 0.6 is 11.6 Å². The molecule has 2 aromatic rings. The van der Waals surface area contributed by atoms with Crippen molar-refractivity contribution in [3.05, 3.63) is 41.3 Å². The highest BCUT2D eigenvalue weighted by molar-refractivity contribution is 7.92. The highest BCUT2D eigenvalue weighted by Gasteiger charge is 2.23. The van der Waals surface area contributed by atoms with Gasteiger partial charge in [-0.1, -0.05) is 11.6 Å². The molecule has 9 heteroatoms. The lowest BCUT2D eigenvalue weighted by molar-refractivity contribution is 0.592. The largest absolute Gasteiger partial charge is 0.324 e. The van der Waals surface area contributed by atoms with Gasteiger partial charge >= 0.3 is 0 Å². The van der Waals surface area contributed by atoms with Gasteiger partial charge in [-0.25, -0.2) is 13.8 Å². The van der Waals surface area contributed by atoms with Crippen LogP contribution in [-0.4, -0.2) is 18.0 Å². The first kappa shape index (κ1) is 13.8. The number of benzene rings is 1. The maximum absolute atomic E-state index is 13.4. The number of anilines is 1. The summed E-state index contributed by atoms with van der Waals surface area (Å²) in [7, 11) is -2.69. The third-order valence-corrected chi connectivity index (χ3v) is 4.12. The fraction of sp³-hybridized carbons (Fsp3) is 0.100. The first-order valence-corrected chi connectivity index (χ1v) is 6.82. The van der Waals surface area contributed by atoms with Gasteiger partial charge in [0.1, 0.15) is 16.8 Å². The topological polar surface area (TPSA) is 64.0 Å². The van der Waals surface area contributed by atoms with Crippen molar-refractivity contribution in [1.29, 1.82) is 0 Å². The van der Waals surface area contributed by atoms with E-state index in [-0.39, 0.29) is 5.15 Å². The van der Waals surface area contributed by atoms with Crippen molar-refractivity contribution in [3.8, 4) is 0 Å². The van der Waals surface area contributed by atoms with Crippen LogP contribution in [-0.2, 0) is 17.1 Å². The Morgan fingerprint density at radius 3 is 2.63 bits per heavy atom. The molecule has 1 aromatic carbocycles. The SMILES string of the molecule is Cn1cnc(S(=O)(=O)Nc2cc(F)ccc2F)c1Cl. The lowest BCUT2D eigenvalue weighted by Crippen LogP contribution is -2.15. The number of rotatable bonds is 3. The third kappa shape index (κ3) is 2.69. The van der Waals surface area contributed by atoms with E-state index in [1.54, 1.807) is 0 Å². The monoisotopic (exact) mass is 307 g/mol. The number of hydrogen-bond acceptors (Lipinski definition) is 3. The molecule has 2 rings (SSSR count). The number of sulfonamides is 1. The summed E-state index contributed by atoms with van der Waals surface area (Å²) in [6, 6.07) is 2.41. The van der Waals surface area contributed by atoms with Crippen molar-refractivity contribution >= 4 is 27.3 Å². The molecule has 0 amide bonds. The summed E-state index contributed by atoms with van der Waals surface area (Å²) in [5.74, 6) is -1.68. The summed E-state index contributed by atoms with van der Waals surface area (Å²) in [6.07, 6.45) is 1.19. The van der Waals surface area contributed by atoms with Crippen LogP contribution in [0.5, 0.6) is 0 Å². The van der Waals surface area contributed by atoms with Crippen LogP contribution in [0.4, 0.5) is 14.5 Å². The van der Waals surface area contributed by atoms with E-state index in [1.807, 2.05) is 4.72 Å². The molecule has 0 aliphatic rings. The molecular weight excluding hydrogens is 300 g/mol. The van der Waals surface area contributed by atoms with Gasteiger partial charge in [0.15, 0.2) is 0 Å². The van der Waals surface area contributed by atoms with E-state index in [4.69, 9.17) is 11.6 Å². The lowest BCUT2D eigenvalue weighted by Gasteiger charge is -2.07. The molecule has 0 fully saturated rings. The molecule has 0 atom stereocenters. The third-order valence-electron chi connectivity index (χ3n) is 2.26.